The minimum atomic E-state index is -3.71. The van der Waals surface area contributed by atoms with Crippen LogP contribution in [0.25, 0.3) is 5.57 Å². The maximum atomic E-state index is 14.1. The molecule has 0 spiro atoms. The molecule has 0 radical (unpaired) electrons. The fourth-order valence-corrected chi connectivity index (χ4v) is 10.2. The number of hydrogen-bond donors (Lipinski definition) is 3. The highest BCUT2D eigenvalue weighted by Gasteiger charge is 2.41. The van der Waals surface area contributed by atoms with Gasteiger partial charge in [-0.2, -0.15) is 0 Å². The molecule has 2 saturated carbocycles. The summed E-state index contributed by atoms with van der Waals surface area (Å²) in [5, 5.41) is 2.72. The van der Waals surface area contributed by atoms with Gasteiger partial charge < -0.3 is 19.8 Å². The van der Waals surface area contributed by atoms with Gasteiger partial charge in [-0.25, -0.2) is 27.7 Å². The number of aromatic nitrogens is 1. The molecule has 2 amide bonds. The van der Waals surface area contributed by atoms with E-state index in [9.17, 15) is 27.6 Å². The van der Waals surface area contributed by atoms with E-state index >= 15 is 0 Å². The van der Waals surface area contributed by atoms with E-state index < -0.39 is 33.9 Å². The number of sulfonamides is 1. The number of hydrogen-bond acceptors (Lipinski definition) is 9. The van der Waals surface area contributed by atoms with Crippen LogP contribution >= 0.6 is 0 Å². The molecule has 13 nitrogen and oxygen atoms in total. The van der Waals surface area contributed by atoms with Crippen molar-refractivity contribution in [2.45, 2.75) is 126 Å². The molecule has 4 aliphatic rings. The van der Waals surface area contributed by atoms with Crippen LogP contribution in [0.4, 0.5) is 5.82 Å². The van der Waals surface area contributed by atoms with Gasteiger partial charge in [-0.3, -0.25) is 14.5 Å². The lowest BCUT2D eigenvalue weighted by molar-refractivity contribution is -0.152. The first-order valence-corrected chi connectivity index (χ1v) is 21.3. The molecule has 1 aromatic rings. The second kappa shape index (κ2) is 16.1. The number of aliphatic imine (C=N–C) groups is 1. The summed E-state index contributed by atoms with van der Waals surface area (Å²) in [6.45, 7) is 19.9. The number of allylic oxidation sites excluding steroid dienone is 2. The second-order valence-corrected chi connectivity index (χ2v) is 18.6. The Morgan fingerprint density at radius 3 is 1.89 bits per heavy atom. The number of anilines is 1. The Balaban J connectivity index is 1.58. The van der Waals surface area contributed by atoms with Crippen LogP contribution in [0.5, 0.6) is 0 Å². The zero-order valence-corrected chi connectivity index (χ0v) is 34.5. The standard InChI is InChI=1S/C40H59N5O8S/c1-19-15-21(3)34(22(4)16-19)52-39(48)30-25(7)32(41-36(30)43-38(47)28(10)44-54(11,50)51)27(9)33-26(8)31(37(42-33)45-14-12-13-29(45)46)40(49)53-35-23(5)17-20(2)18-24(35)6/h19-24,28,34-35,41,44H,12-18H2,1-11H3,(H,43,47). The van der Waals surface area contributed by atoms with E-state index in [2.05, 4.69) is 56.6 Å². The molecule has 2 aliphatic heterocycles. The third kappa shape index (κ3) is 8.69. The van der Waals surface area contributed by atoms with E-state index in [-0.39, 0.29) is 64.6 Å². The topological polar surface area (TPSA) is 176 Å². The number of nitrogens with one attached hydrogen (secondary N) is 3. The Hall–Kier alpha value is -3.78. The lowest BCUT2D eigenvalue weighted by Gasteiger charge is -2.37. The van der Waals surface area contributed by atoms with Gasteiger partial charge in [-0.1, -0.05) is 41.5 Å². The number of amidine groups is 1. The van der Waals surface area contributed by atoms with Crippen LogP contribution in [0.1, 0.15) is 122 Å². The summed E-state index contributed by atoms with van der Waals surface area (Å²) < 4.78 is 38.6. The Bertz CT molecular complexity index is 1870. The molecule has 5 unspecified atom stereocenters. The number of carbonyl (C=O) groups is 4. The van der Waals surface area contributed by atoms with Crippen molar-refractivity contribution in [2.24, 2.45) is 40.5 Å². The van der Waals surface area contributed by atoms with Crippen LogP contribution in [0, 0.1) is 42.4 Å². The van der Waals surface area contributed by atoms with Gasteiger partial charge in [0.05, 0.1) is 18.0 Å². The number of amides is 2. The van der Waals surface area contributed by atoms with Crippen molar-refractivity contribution >= 4 is 51.0 Å². The number of esters is 2. The maximum Gasteiger partial charge on any atom is 0.342 e. The number of nitrogens with zero attached hydrogens (tertiary/aromatic N) is 2. The van der Waals surface area contributed by atoms with Crippen molar-refractivity contribution in [1.82, 2.24) is 14.6 Å². The summed E-state index contributed by atoms with van der Waals surface area (Å²) in [7, 11) is -3.71. The van der Waals surface area contributed by atoms with Crippen molar-refractivity contribution < 1.29 is 37.1 Å². The van der Waals surface area contributed by atoms with Crippen LogP contribution in [0.15, 0.2) is 21.8 Å². The molecule has 5 rings (SSSR count). The average molecular weight is 770 g/mol. The van der Waals surface area contributed by atoms with Crippen LogP contribution < -0.4 is 10.0 Å². The van der Waals surface area contributed by atoms with Gasteiger partial charge >= 0.3 is 11.9 Å². The lowest BCUT2D eigenvalue weighted by Crippen LogP contribution is -2.41. The Kier molecular flexibility index (Phi) is 12.4. The van der Waals surface area contributed by atoms with Gasteiger partial charge in [0.1, 0.15) is 29.2 Å². The van der Waals surface area contributed by atoms with Crippen molar-refractivity contribution in [3.05, 3.63) is 33.7 Å². The van der Waals surface area contributed by atoms with Crippen LogP contribution in [0.3, 0.4) is 0 Å². The van der Waals surface area contributed by atoms with Gasteiger partial charge in [0.15, 0.2) is 5.84 Å². The first-order chi connectivity index (χ1) is 25.2. The molecule has 5 atom stereocenters. The quantitative estimate of drug-likeness (QED) is 0.252. The molecule has 3 heterocycles. The molecule has 1 saturated heterocycles. The second-order valence-electron chi connectivity index (χ2n) is 16.8. The third-order valence-electron chi connectivity index (χ3n) is 11.7. The molecule has 0 aromatic carbocycles. The predicted molar refractivity (Wildman–Crippen MR) is 208 cm³/mol. The van der Waals surface area contributed by atoms with Crippen molar-refractivity contribution in [1.29, 1.82) is 0 Å². The summed E-state index contributed by atoms with van der Waals surface area (Å²) >= 11 is 0. The fraction of sp³-hybridized carbons (Fsp3) is 0.675. The fourth-order valence-electron chi connectivity index (χ4n) is 9.47. The Labute approximate surface area is 320 Å². The van der Waals surface area contributed by atoms with Gasteiger partial charge in [0, 0.05) is 18.7 Å². The zero-order valence-electron chi connectivity index (χ0n) is 33.7. The highest BCUT2D eigenvalue weighted by Crippen LogP contribution is 2.41. The zero-order chi connectivity index (χ0) is 40.0. The van der Waals surface area contributed by atoms with E-state index in [4.69, 9.17) is 14.5 Å². The van der Waals surface area contributed by atoms with Crippen LogP contribution in [0.2, 0.25) is 0 Å². The Morgan fingerprint density at radius 1 is 0.889 bits per heavy atom. The number of likely N-dealkylation sites (tertiary alicyclic amines) is 1. The predicted octanol–water partition coefficient (Wildman–Crippen LogP) is 6.12. The van der Waals surface area contributed by atoms with Crippen molar-refractivity contribution in [3.63, 3.8) is 0 Å². The largest absolute Gasteiger partial charge is 0.458 e. The lowest BCUT2D eigenvalue weighted by atomic mass is 9.75. The maximum absolute atomic E-state index is 14.1. The first kappa shape index (κ1) is 41.4. The minimum Gasteiger partial charge on any atom is -0.458 e. The van der Waals surface area contributed by atoms with Gasteiger partial charge in [0.2, 0.25) is 21.8 Å². The highest BCUT2D eigenvalue weighted by atomic mass is 32.2. The molecule has 0 bridgehead atoms. The highest BCUT2D eigenvalue weighted by molar-refractivity contribution is 7.88. The van der Waals surface area contributed by atoms with Crippen molar-refractivity contribution in [3.8, 4) is 0 Å². The normalized spacial score (nSPS) is 30.6. The van der Waals surface area contributed by atoms with Crippen molar-refractivity contribution in [2.75, 3.05) is 18.1 Å². The monoisotopic (exact) mass is 769 g/mol. The van der Waals surface area contributed by atoms with E-state index in [1.165, 1.54) is 6.92 Å². The van der Waals surface area contributed by atoms with E-state index in [0.717, 1.165) is 31.9 Å². The van der Waals surface area contributed by atoms with Gasteiger partial charge in [-0.15, -0.1) is 0 Å². The molecule has 3 fully saturated rings. The molecule has 1 aromatic heterocycles. The smallest absolute Gasteiger partial charge is 0.342 e. The summed E-state index contributed by atoms with van der Waals surface area (Å²) in [4.78, 5) is 64.4. The van der Waals surface area contributed by atoms with E-state index in [1.807, 2.05) is 0 Å². The minimum absolute atomic E-state index is 0.0526. The van der Waals surface area contributed by atoms with E-state index in [1.54, 1.807) is 25.7 Å². The molecule has 298 valence electrons. The van der Waals surface area contributed by atoms with Crippen LogP contribution in [-0.4, -0.2) is 78.9 Å². The molecular formula is C40H59N5O8S. The molecule has 14 heteroatoms. The Morgan fingerprint density at radius 2 is 1.41 bits per heavy atom. The summed E-state index contributed by atoms with van der Waals surface area (Å²) in [6, 6.07) is -1.15. The number of aromatic amines is 1. The number of carbonyl (C=O) groups excluding carboxylic acids is 4. The van der Waals surface area contributed by atoms with E-state index in [0.29, 0.717) is 59.3 Å². The summed E-state index contributed by atoms with van der Waals surface area (Å²) in [5.41, 5.74) is 2.82. The average Bonchev–Trinajstić information content (AvgIpc) is 3.73. The van der Waals surface area contributed by atoms with Crippen LogP contribution in [-0.2, 0) is 33.9 Å². The summed E-state index contributed by atoms with van der Waals surface area (Å²) in [6.07, 6.45) is 5.06. The SMILES string of the molecule is CC1=C(C(=O)OC2C(C)CC(C)CC2C)C(N2CCCC2=O)=NC1=C(C)c1[nH]c(NC(=O)C(C)NS(C)(=O)=O)c(C(=O)OC2C(C)CC(C)CC2C)c1C. The number of rotatable bonds is 9. The number of H-pyrrole nitrogens is 1. The third-order valence-corrected chi connectivity index (χ3v) is 12.5. The van der Waals surface area contributed by atoms with Gasteiger partial charge in [0.25, 0.3) is 0 Å². The molecule has 3 N–H and O–H groups in total. The first-order valence-electron chi connectivity index (χ1n) is 19.4. The molecular weight excluding hydrogens is 711 g/mol. The molecule has 54 heavy (non-hydrogen) atoms. The number of ether oxygens (including phenoxy) is 2. The van der Waals surface area contributed by atoms with Gasteiger partial charge in [-0.05, 0) is 112 Å². The summed E-state index contributed by atoms with van der Waals surface area (Å²) in [5.74, 6) is -0.00679. The molecule has 2 aliphatic carbocycles.